The van der Waals surface area contributed by atoms with Gasteiger partial charge < -0.3 is 13.9 Å². The number of anilines is 3. The molecule has 0 saturated carbocycles. The van der Waals surface area contributed by atoms with Crippen LogP contribution >= 0.6 is 22.9 Å². The number of para-hydroxylation sites is 3. The molecule has 10 aromatic carbocycles. The van der Waals surface area contributed by atoms with Crippen molar-refractivity contribution >= 4 is 104 Å². The Morgan fingerprint density at radius 2 is 1.08 bits per heavy atom. The largest absolute Gasteiger partial charge is 0.456 e. The minimum Gasteiger partial charge on any atom is -0.456 e. The van der Waals surface area contributed by atoms with E-state index in [1.54, 1.807) is 0 Å². The van der Waals surface area contributed by atoms with Crippen LogP contribution in [0.1, 0.15) is 0 Å². The fraction of sp³-hybridized carbons (Fsp3) is 0. The highest BCUT2D eigenvalue weighted by atomic mass is 35.5. The topological polar surface area (TPSA) is 21.3 Å². The summed E-state index contributed by atoms with van der Waals surface area (Å²) in [5.74, 6) is 0. The van der Waals surface area contributed by atoms with Crippen LogP contribution in [0, 0.1) is 0 Å². The van der Waals surface area contributed by atoms with Crippen LogP contribution in [0.3, 0.4) is 0 Å². The third-order valence-electron chi connectivity index (χ3n) is 12.8. The van der Waals surface area contributed by atoms with Gasteiger partial charge in [-0.2, -0.15) is 0 Å². The van der Waals surface area contributed by atoms with E-state index in [4.69, 9.17) is 16.0 Å². The molecule has 5 heteroatoms. The van der Waals surface area contributed by atoms with Crippen LogP contribution < -0.4 is 4.90 Å². The second-order valence-electron chi connectivity index (χ2n) is 16.6. The van der Waals surface area contributed by atoms with Gasteiger partial charge in [-0.15, -0.1) is 11.3 Å². The van der Waals surface area contributed by atoms with Crippen LogP contribution in [-0.2, 0) is 0 Å². The van der Waals surface area contributed by atoms with E-state index in [1.807, 2.05) is 29.5 Å². The van der Waals surface area contributed by atoms with Gasteiger partial charge in [-0.1, -0.05) is 139 Å². The summed E-state index contributed by atoms with van der Waals surface area (Å²) in [5.41, 5.74) is 15.1. The van der Waals surface area contributed by atoms with Gasteiger partial charge in [0.1, 0.15) is 11.2 Å². The second kappa shape index (κ2) is 15.1. The van der Waals surface area contributed by atoms with Crippen molar-refractivity contribution in [2.45, 2.75) is 0 Å². The molecule has 0 atom stereocenters. The van der Waals surface area contributed by atoms with E-state index in [9.17, 15) is 0 Å². The van der Waals surface area contributed by atoms with Crippen molar-refractivity contribution < 1.29 is 4.42 Å². The van der Waals surface area contributed by atoms with E-state index in [-0.39, 0.29) is 0 Å². The molecule has 3 heterocycles. The van der Waals surface area contributed by atoms with Crippen molar-refractivity contribution in [3.8, 4) is 39.1 Å². The molecule has 0 fully saturated rings. The summed E-state index contributed by atoms with van der Waals surface area (Å²) in [6.07, 6.45) is 0. The van der Waals surface area contributed by atoms with Gasteiger partial charge in [-0.3, -0.25) is 0 Å². The average molecular weight is 869 g/mol. The lowest BCUT2D eigenvalue weighted by Crippen LogP contribution is -2.10. The highest BCUT2D eigenvalue weighted by molar-refractivity contribution is 7.26. The Bertz CT molecular complexity index is 3950. The number of fused-ring (bicyclic) bond motifs is 10. The molecule has 0 aliphatic heterocycles. The smallest absolute Gasteiger partial charge is 0.136 e. The van der Waals surface area contributed by atoms with Crippen LogP contribution in [0.15, 0.2) is 229 Å². The Morgan fingerprint density at radius 3 is 1.89 bits per heavy atom. The van der Waals surface area contributed by atoms with E-state index in [1.165, 1.54) is 58.7 Å². The second-order valence-corrected chi connectivity index (χ2v) is 18.1. The third kappa shape index (κ3) is 6.25. The first kappa shape index (κ1) is 37.6. The van der Waals surface area contributed by atoms with E-state index in [0.29, 0.717) is 5.02 Å². The monoisotopic (exact) mass is 868 g/mol. The van der Waals surface area contributed by atoms with Gasteiger partial charge >= 0.3 is 0 Å². The number of halogens is 1. The summed E-state index contributed by atoms with van der Waals surface area (Å²) in [7, 11) is 0. The van der Waals surface area contributed by atoms with Crippen LogP contribution in [0.5, 0.6) is 0 Å². The minimum absolute atomic E-state index is 0.664. The SMILES string of the molecule is Clc1cc(-c2ccc3oc4cc(-c5cc6c7ccccc7n(-c7ccccc7)c6c6c5sc5ccccc56)ccc4c3c2)cc(N(c2ccccc2)c2ccc(-c3ccccc3)cc2)c1. The van der Waals surface area contributed by atoms with Crippen LogP contribution in [0.25, 0.3) is 103 Å². The molecule has 0 aliphatic carbocycles. The van der Waals surface area contributed by atoms with Crippen LogP contribution in [-0.4, -0.2) is 4.57 Å². The number of nitrogens with zero attached hydrogens (tertiary/aromatic N) is 2. The van der Waals surface area contributed by atoms with Gasteiger partial charge in [0.05, 0.1) is 11.0 Å². The standard InChI is InChI=1S/C60H37ClN2OS/c61-43-32-42(33-47(36-43)62(44-16-6-2-7-17-44)46-28-24-39(25-29-46)38-14-4-1-5-15-38)40-27-31-55-52(34-40)49-30-26-41(35-56(49)64-55)51-37-53-48-20-10-12-22-54(48)63(45-18-8-3-9-19-45)59(53)58-50-21-11-13-23-57(50)65-60(51)58/h1-37H. The molecule has 0 saturated heterocycles. The first-order chi connectivity index (χ1) is 32.1. The zero-order valence-electron chi connectivity index (χ0n) is 35.0. The summed E-state index contributed by atoms with van der Waals surface area (Å²) in [6.45, 7) is 0. The molecule has 0 bridgehead atoms. The first-order valence-electron chi connectivity index (χ1n) is 21.8. The Balaban J connectivity index is 0.934. The molecule has 13 rings (SSSR count). The number of furan rings is 1. The highest BCUT2D eigenvalue weighted by Gasteiger charge is 2.22. The predicted molar refractivity (Wildman–Crippen MR) is 277 cm³/mol. The summed E-state index contributed by atoms with van der Waals surface area (Å²) in [5, 5.41) is 7.83. The Labute approximate surface area is 384 Å². The maximum Gasteiger partial charge on any atom is 0.136 e. The summed E-state index contributed by atoms with van der Waals surface area (Å²) in [4.78, 5) is 2.27. The summed E-state index contributed by atoms with van der Waals surface area (Å²) >= 11 is 8.88. The average Bonchev–Trinajstić information content (AvgIpc) is 4.04. The molecule has 0 radical (unpaired) electrons. The highest BCUT2D eigenvalue weighted by Crippen LogP contribution is 2.48. The number of rotatable bonds is 7. The van der Waals surface area contributed by atoms with Crippen molar-refractivity contribution in [2.75, 3.05) is 4.90 Å². The fourth-order valence-corrected chi connectivity index (χ4v) is 11.3. The molecule has 0 amide bonds. The van der Waals surface area contributed by atoms with Gasteiger partial charge in [0.2, 0.25) is 0 Å². The van der Waals surface area contributed by atoms with Crippen molar-refractivity contribution in [2.24, 2.45) is 0 Å². The van der Waals surface area contributed by atoms with Crippen molar-refractivity contribution in [3.63, 3.8) is 0 Å². The Morgan fingerprint density at radius 1 is 0.415 bits per heavy atom. The van der Waals surface area contributed by atoms with Gasteiger partial charge in [0.25, 0.3) is 0 Å². The van der Waals surface area contributed by atoms with Gasteiger partial charge in [-0.05, 0) is 125 Å². The van der Waals surface area contributed by atoms with Gasteiger partial charge in [-0.25, -0.2) is 0 Å². The summed E-state index contributed by atoms with van der Waals surface area (Å²) in [6, 6.07) is 80.0. The molecular weight excluding hydrogens is 832 g/mol. The quantitative estimate of drug-likeness (QED) is 0.159. The molecule has 0 spiro atoms. The van der Waals surface area contributed by atoms with Crippen LogP contribution in [0.2, 0.25) is 5.02 Å². The Hall–Kier alpha value is -7.89. The van der Waals surface area contributed by atoms with Crippen molar-refractivity contribution in [1.82, 2.24) is 4.57 Å². The Kier molecular flexibility index (Phi) is 8.77. The molecule has 3 nitrogen and oxygen atoms in total. The maximum absolute atomic E-state index is 7.01. The molecular formula is C60H37ClN2OS. The van der Waals surface area contributed by atoms with Crippen molar-refractivity contribution in [1.29, 1.82) is 0 Å². The van der Waals surface area contributed by atoms with E-state index < -0.39 is 0 Å². The van der Waals surface area contributed by atoms with E-state index in [0.717, 1.165) is 61.4 Å². The minimum atomic E-state index is 0.664. The van der Waals surface area contributed by atoms with Gasteiger partial charge in [0, 0.05) is 75.1 Å². The molecule has 65 heavy (non-hydrogen) atoms. The number of hydrogen-bond donors (Lipinski definition) is 0. The number of benzene rings is 10. The molecule has 306 valence electrons. The number of hydrogen-bond acceptors (Lipinski definition) is 3. The molecule has 0 aliphatic rings. The molecule has 0 unspecified atom stereocenters. The van der Waals surface area contributed by atoms with E-state index in [2.05, 4.69) is 216 Å². The predicted octanol–water partition coefficient (Wildman–Crippen LogP) is 18.2. The number of thiophene rings is 1. The fourth-order valence-electron chi connectivity index (χ4n) is 9.85. The van der Waals surface area contributed by atoms with Gasteiger partial charge in [0.15, 0.2) is 0 Å². The maximum atomic E-state index is 7.01. The third-order valence-corrected chi connectivity index (χ3v) is 14.2. The van der Waals surface area contributed by atoms with E-state index >= 15 is 0 Å². The zero-order valence-corrected chi connectivity index (χ0v) is 36.5. The summed E-state index contributed by atoms with van der Waals surface area (Å²) < 4.78 is 11.7. The zero-order chi connectivity index (χ0) is 43.0. The van der Waals surface area contributed by atoms with Crippen molar-refractivity contribution in [3.05, 3.63) is 229 Å². The normalized spacial score (nSPS) is 11.8. The lowest BCUT2D eigenvalue weighted by atomic mass is 9.97. The molecule has 13 aromatic rings. The molecule has 0 N–H and O–H groups in total. The lowest BCUT2D eigenvalue weighted by molar-refractivity contribution is 0.669. The molecule has 3 aromatic heterocycles. The lowest BCUT2D eigenvalue weighted by Gasteiger charge is -2.26. The van der Waals surface area contributed by atoms with Crippen LogP contribution in [0.4, 0.5) is 17.1 Å². The first-order valence-corrected chi connectivity index (χ1v) is 23.0. The number of aromatic nitrogens is 1.